The predicted octanol–water partition coefficient (Wildman–Crippen LogP) is 1.49. The summed E-state index contributed by atoms with van der Waals surface area (Å²) in [6, 6.07) is 10.0. The maximum absolute atomic E-state index is 11.9. The van der Waals surface area contributed by atoms with Crippen LogP contribution in [0.1, 0.15) is 11.6 Å². The van der Waals surface area contributed by atoms with Crippen LogP contribution in [0.5, 0.6) is 0 Å². The summed E-state index contributed by atoms with van der Waals surface area (Å²) in [7, 11) is 5.64. The summed E-state index contributed by atoms with van der Waals surface area (Å²) >= 11 is 0. The third-order valence-corrected chi connectivity index (χ3v) is 2.85. The fraction of sp³-hybridized carbons (Fsp3) is 0.533. The highest BCUT2D eigenvalue weighted by Crippen LogP contribution is 2.12. The van der Waals surface area contributed by atoms with Crippen LogP contribution in [-0.2, 0) is 9.53 Å². The van der Waals surface area contributed by atoms with Crippen LogP contribution in [0.4, 0.5) is 0 Å². The van der Waals surface area contributed by atoms with Crippen LogP contribution in [0.25, 0.3) is 0 Å². The fourth-order valence-electron chi connectivity index (χ4n) is 1.91. The van der Waals surface area contributed by atoms with Crippen molar-refractivity contribution in [2.45, 2.75) is 6.04 Å². The van der Waals surface area contributed by atoms with Gasteiger partial charge in [-0.3, -0.25) is 4.79 Å². The third-order valence-electron chi connectivity index (χ3n) is 2.85. The van der Waals surface area contributed by atoms with Crippen molar-refractivity contribution >= 4 is 30.7 Å². The first-order valence-electron chi connectivity index (χ1n) is 6.82. The van der Waals surface area contributed by atoms with E-state index in [0.717, 1.165) is 12.1 Å². The number of carbonyl (C=O) groups is 1. The standard InChI is InChI=1S/C15H25N3O2.2ClH/c1-18(2)12-14(13-7-5-4-6-8-13)17-15(19)11-16-9-10-20-3;;/h4-8,14,16H,9-12H2,1-3H3,(H,17,19);2*1H. The van der Waals surface area contributed by atoms with Crippen molar-refractivity contribution in [3.05, 3.63) is 35.9 Å². The summed E-state index contributed by atoms with van der Waals surface area (Å²) in [5.74, 6) is -0.00296. The van der Waals surface area contributed by atoms with Crippen molar-refractivity contribution in [3.63, 3.8) is 0 Å². The second kappa shape index (κ2) is 13.8. The van der Waals surface area contributed by atoms with E-state index in [1.165, 1.54) is 0 Å². The number of methoxy groups -OCH3 is 1. The maximum atomic E-state index is 11.9. The molecule has 0 aromatic heterocycles. The van der Waals surface area contributed by atoms with Crippen LogP contribution in [-0.4, -0.2) is 58.3 Å². The molecule has 1 atom stereocenters. The highest BCUT2D eigenvalue weighted by atomic mass is 35.5. The normalized spacial score (nSPS) is 11.3. The number of hydrogen-bond acceptors (Lipinski definition) is 4. The van der Waals surface area contributed by atoms with E-state index >= 15 is 0 Å². The Bertz CT molecular complexity index is 392. The molecular formula is C15H27Cl2N3O2. The van der Waals surface area contributed by atoms with Crippen molar-refractivity contribution in [3.8, 4) is 0 Å². The lowest BCUT2D eigenvalue weighted by Gasteiger charge is -2.23. The molecule has 22 heavy (non-hydrogen) atoms. The SMILES string of the molecule is COCCNCC(=O)NC(CN(C)C)c1ccccc1.Cl.Cl. The Morgan fingerprint density at radius 1 is 1.23 bits per heavy atom. The molecular weight excluding hydrogens is 325 g/mol. The van der Waals surface area contributed by atoms with Crippen LogP contribution in [0.3, 0.4) is 0 Å². The number of rotatable bonds is 9. The molecule has 1 aromatic carbocycles. The molecule has 0 saturated heterocycles. The smallest absolute Gasteiger partial charge is 0.234 e. The minimum atomic E-state index is -0.00296. The first-order valence-corrected chi connectivity index (χ1v) is 6.82. The van der Waals surface area contributed by atoms with Gasteiger partial charge in [-0.2, -0.15) is 0 Å². The number of benzene rings is 1. The summed E-state index contributed by atoms with van der Waals surface area (Å²) in [6.07, 6.45) is 0. The molecule has 0 bridgehead atoms. The molecule has 0 aliphatic carbocycles. The number of hydrogen-bond donors (Lipinski definition) is 2. The summed E-state index contributed by atoms with van der Waals surface area (Å²) in [4.78, 5) is 14.0. The predicted molar refractivity (Wildman–Crippen MR) is 95.1 cm³/mol. The Labute approximate surface area is 145 Å². The Hall–Kier alpha value is -0.850. The van der Waals surface area contributed by atoms with Gasteiger partial charge in [0.1, 0.15) is 0 Å². The highest BCUT2D eigenvalue weighted by Gasteiger charge is 2.14. The molecule has 0 spiro atoms. The Balaban J connectivity index is 0. The number of halogens is 2. The third kappa shape index (κ3) is 9.97. The number of likely N-dealkylation sites (N-methyl/N-ethyl adjacent to an activating group) is 1. The van der Waals surface area contributed by atoms with Crippen LogP contribution in [0, 0.1) is 0 Å². The summed E-state index contributed by atoms with van der Waals surface area (Å²) in [5, 5.41) is 6.10. The number of nitrogens with zero attached hydrogens (tertiary/aromatic N) is 1. The van der Waals surface area contributed by atoms with Crippen molar-refractivity contribution in [2.24, 2.45) is 0 Å². The molecule has 0 saturated carbocycles. The first-order chi connectivity index (χ1) is 9.63. The molecule has 0 fully saturated rings. The fourth-order valence-corrected chi connectivity index (χ4v) is 1.91. The van der Waals surface area contributed by atoms with Gasteiger partial charge in [0, 0.05) is 20.2 Å². The van der Waals surface area contributed by atoms with Gasteiger partial charge < -0.3 is 20.3 Å². The van der Waals surface area contributed by atoms with Crippen LogP contribution in [0.15, 0.2) is 30.3 Å². The summed E-state index contributed by atoms with van der Waals surface area (Å²) in [5.41, 5.74) is 1.12. The molecule has 7 heteroatoms. The van der Waals surface area contributed by atoms with E-state index in [1.807, 2.05) is 44.4 Å². The Kier molecular flexibility index (Phi) is 14.7. The van der Waals surface area contributed by atoms with E-state index in [1.54, 1.807) is 7.11 Å². The van der Waals surface area contributed by atoms with E-state index < -0.39 is 0 Å². The molecule has 1 rings (SSSR count). The molecule has 0 aliphatic rings. The number of nitrogens with one attached hydrogen (secondary N) is 2. The first kappa shape index (κ1) is 23.4. The van der Waals surface area contributed by atoms with Gasteiger partial charge in [0.05, 0.1) is 19.2 Å². The molecule has 1 unspecified atom stereocenters. The quantitative estimate of drug-likeness (QED) is 0.661. The second-order valence-corrected chi connectivity index (χ2v) is 4.96. The van der Waals surface area contributed by atoms with Gasteiger partial charge in [0.15, 0.2) is 0 Å². The van der Waals surface area contributed by atoms with E-state index in [9.17, 15) is 4.79 Å². The lowest BCUT2D eigenvalue weighted by Crippen LogP contribution is -2.40. The highest BCUT2D eigenvalue weighted by molar-refractivity contribution is 5.85. The Morgan fingerprint density at radius 3 is 2.41 bits per heavy atom. The number of amides is 1. The lowest BCUT2D eigenvalue weighted by atomic mass is 10.1. The van der Waals surface area contributed by atoms with E-state index in [-0.39, 0.29) is 36.8 Å². The van der Waals surface area contributed by atoms with Gasteiger partial charge >= 0.3 is 0 Å². The monoisotopic (exact) mass is 351 g/mol. The zero-order valence-corrected chi connectivity index (χ0v) is 15.0. The molecule has 1 amide bonds. The van der Waals surface area contributed by atoms with Crippen LogP contribution in [0.2, 0.25) is 0 Å². The van der Waals surface area contributed by atoms with Gasteiger partial charge in [-0.1, -0.05) is 30.3 Å². The molecule has 1 aromatic rings. The van der Waals surface area contributed by atoms with Crippen LogP contribution < -0.4 is 10.6 Å². The second-order valence-electron chi connectivity index (χ2n) is 4.96. The topological polar surface area (TPSA) is 53.6 Å². The molecule has 0 aliphatic heterocycles. The van der Waals surface area contributed by atoms with E-state index in [4.69, 9.17) is 4.74 Å². The van der Waals surface area contributed by atoms with Crippen molar-refractivity contribution < 1.29 is 9.53 Å². The number of carbonyl (C=O) groups excluding carboxylic acids is 1. The van der Waals surface area contributed by atoms with Gasteiger partial charge in [0.2, 0.25) is 5.91 Å². The largest absolute Gasteiger partial charge is 0.383 e. The molecule has 128 valence electrons. The van der Waals surface area contributed by atoms with Gasteiger partial charge in [-0.05, 0) is 19.7 Å². The number of ether oxygens (including phenoxy) is 1. The maximum Gasteiger partial charge on any atom is 0.234 e. The van der Waals surface area contributed by atoms with Gasteiger partial charge in [-0.25, -0.2) is 0 Å². The van der Waals surface area contributed by atoms with E-state index in [2.05, 4.69) is 15.5 Å². The van der Waals surface area contributed by atoms with Crippen molar-refractivity contribution in [2.75, 3.05) is 47.4 Å². The van der Waals surface area contributed by atoms with Crippen molar-refractivity contribution in [1.29, 1.82) is 0 Å². The zero-order valence-electron chi connectivity index (χ0n) is 13.4. The molecule has 0 radical (unpaired) electrons. The average Bonchev–Trinajstić information content (AvgIpc) is 2.43. The van der Waals surface area contributed by atoms with Crippen molar-refractivity contribution in [1.82, 2.24) is 15.5 Å². The van der Waals surface area contributed by atoms with Gasteiger partial charge in [-0.15, -0.1) is 24.8 Å². The molecule has 5 nitrogen and oxygen atoms in total. The zero-order chi connectivity index (χ0) is 14.8. The van der Waals surface area contributed by atoms with Crippen LogP contribution >= 0.6 is 24.8 Å². The average molecular weight is 352 g/mol. The minimum absolute atomic E-state index is 0. The summed E-state index contributed by atoms with van der Waals surface area (Å²) < 4.78 is 4.93. The molecule has 0 heterocycles. The summed E-state index contributed by atoms with van der Waals surface area (Å²) in [6.45, 7) is 2.36. The Morgan fingerprint density at radius 2 is 1.86 bits per heavy atom. The van der Waals surface area contributed by atoms with E-state index in [0.29, 0.717) is 19.7 Å². The lowest BCUT2D eigenvalue weighted by molar-refractivity contribution is -0.121. The minimum Gasteiger partial charge on any atom is -0.383 e. The molecule has 2 N–H and O–H groups in total. The van der Waals surface area contributed by atoms with Gasteiger partial charge in [0.25, 0.3) is 0 Å².